The van der Waals surface area contributed by atoms with Crippen molar-refractivity contribution in [3.05, 3.63) is 101 Å². The predicted molar refractivity (Wildman–Crippen MR) is 125 cm³/mol. The average molecular weight is 437 g/mol. The molecule has 0 radical (unpaired) electrons. The van der Waals surface area contributed by atoms with Crippen molar-refractivity contribution in [2.75, 3.05) is 7.11 Å². The lowest BCUT2D eigenvalue weighted by molar-refractivity contribution is -0.126. The number of hydrogen-bond donors (Lipinski definition) is 2. The van der Waals surface area contributed by atoms with Crippen LogP contribution in [0.15, 0.2) is 72.8 Å². The number of aromatic amines is 1. The Morgan fingerprint density at radius 3 is 2.64 bits per heavy atom. The number of carbonyl (C=O) groups excluding carboxylic acids is 2. The zero-order valence-electron chi connectivity index (χ0n) is 18.2. The van der Waals surface area contributed by atoms with Crippen molar-refractivity contribution in [3.8, 4) is 5.75 Å². The molecular weight excluding hydrogens is 414 g/mol. The Morgan fingerprint density at radius 1 is 1.06 bits per heavy atom. The fraction of sp³-hybridized carbons (Fsp3) is 0.185. The van der Waals surface area contributed by atoms with E-state index in [1.165, 1.54) is 0 Å². The summed E-state index contributed by atoms with van der Waals surface area (Å²) in [6.07, 6.45) is 0.476. The molecule has 6 rings (SSSR count). The zero-order valence-corrected chi connectivity index (χ0v) is 18.2. The van der Waals surface area contributed by atoms with Crippen LogP contribution in [0.5, 0.6) is 5.75 Å². The monoisotopic (exact) mass is 437 g/mol. The summed E-state index contributed by atoms with van der Waals surface area (Å²) in [5.41, 5.74) is 5.73. The summed E-state index contributed by atoms with van der Waals surface area (Å²) >= 11 is 0. The Morgan fingerprint density at radius 2 is 1.82 bits per heavy atom. The van der Waals surface area contributed by atoms with E-state index in [0.717, 1.165) is 39.0 Å². The minimum absolute atomic E-state index is 0.0931. The largest absolute Gasteiger partial charge is 0.497 e. The molecule has 2 aliphatic heterocycles. The van der Waals surface area contributed by atoms with Gasteiger partial charge in [-0.1, -0.05) is 48.5 Å². The van der Waals surface area contributed by atoms with Crippen molar-refractivity contribution in [2.45, 2.75) is 25.0 Å². The van der Waals surface area contributed by atoms with Gasteiger partial charge < -0.3 is 19.9 Å². The SMILES string of the molecule is COc1ccc(CNC(=O)[C@@H]2Cc3c([nH]c4ccccc34)[C@H]3c4ccccc4C(=O)N32)cc1. The fourth-order valence-electron chi connectivity index (χ4n) is 5.19. The Kier molecular flexibility index (Phi) is 4.47. The van der Waals surface area contributed by atoms with Gasteiger partial charge >= 0.3 is 0 Å². The van der Waals surface area contributed by atoms with E-state index in [2.05, 4.69) is 16.4 Å². The maximum absolute atomic E-state index is 13.5. The Bertz CT molecular complexity index is 1390. The lowest BCUT2D eigenvalue weighted by Gasteiger charge is -2.37. The van der Waals surface area contributed by atoms with E-state index in [1.807, 2.05) is 66.7 Å². The van der Waals surface area contributed by atoms with Crippen LogP contribution in [0.25, 0.3) is 10.9 Å². The van der Waals surface area contributed by atoms with Crippen LogP contribution < -0.4 is 10.1 Å². The Balaban J connectivity index is 1.37. The number of aromatic nitrogens is 1. The molecule has 0 fully saturated rings. The lowest BCUT2D eigenvalue weighted by Crippen LogP contribution is -2.52. The summed E-state index contributed by atoms with van der Waals surface area (Å²) in [7, 11) is 1.63. The first-order valence-corrected chi connectivity index (χ1v) is 11.1. The van der Waals surface area contributed by atoms with Crippen LogP contribution in [0, 0.1) is 0 Å². The summed E-state index contributed by atoms with van der Waals surface area (Å²) in [5.74, 6) is 0.532. The van der Waals surface area contributed by atoms with Gasteiger partial charge in [0, 0.05) is 35.1 Å². The molecule has 3 aromatic carbocycles. The number of benzene rings is 3. The Hall–Kier alpha value is -4.06. The lowest BCUT2D eigenvalue weighted by atomic mass is 9.90. The van der Waals surface area contributed by atoms with Gasteiger partial charge in [0.25, 0.3) is 5.91 Å². The second kappa shape index (κ2) is 7.52. The number of hydrogen-bond acceptors (Lipinski definition) is 3. The molecule has 0 unspecified atom stereocenters. The number of carbonyl (C=O) groups is 2. The van der Waals surface area contributed by atoms with Crippen LogP contribution in [0.4, 0.5) is 0 Å². The molecule has 0 spiro atoms. The molecule has 0 bridgehead atoms. The van der Waals surface area contributed by atoms with Gasteiger partial charge in [-0.3, -0.25) is 9.59 Å². The van der Waals surface area contributed by atoms with Gasteiger partial charge in [0.05, 0.1) is 13.2 Å². The molecule has 0 aliphatic carbocycles. The molecule has 164 valence electrons. The molecule has 6 heteroatoms. The van der Waals surface area contributed by atoms with Gasteiger partial charge in [-0.25, -0.2) is 0 Å². The quantitative estimate of drug-likeness (QED) is 0.508. The predicted octanol–water partition coefficient (Wildman–Crippen LogP) is 3.96. The molecule has 33 heavy (non-hydrogen) atoms. The molecule has 1 aromatic heterocycles. The number of rotatable bonds is 4. The Labute approximate surface area is 191 Å². The first-order chi connectivity index (χ1) is 16.2. The van der Waals surface area contributed by atoms with E-state index in [-0.39, 0.29) is 17.9 Å². The highest BCUT2D eigenvalue weighted by atomic mass is 16.5. The van der Waals surface area contributed by atoms with E-state index in [9.17, 15) is 9.59 Å². The van der Waals surface area contributed by atoms with Crippen LogP contribution in [-0.2, 0) is 17.8 Å². The minimum atomic E-state index is -0.583. The van der Waals surface area contributed by atoms with Gasteiger partial charge in [0.2, 0.25) is 5.91 Å². The third-order valence-corrected chi connectivity index (χ3v) is 6.78. The molecular formula is C27H23N3O3. The van der Waals surface area contributed by atoms with E-state index in [4.69, 9.17) is 4.74 Å². The first kappa shape index (κ1) is 19.6. The number of fused-ring (bicyclic) bond motifs is 7. The molecule has 2 amide bonds. The summed E-state index contributed by atoms with van der Waals surface area (Å²) in [6.45, 7) is 0.389. The summed E-state index contributed by atoms with van der Waals surface area (Å²) in [5, 5.41) is 4.16. The highest BCUT2D eigenvalue weighted by Crippen LogP contribution is 2.46. The normalized spacial score (nSPS) is 18.6. The van der Waals surface area contributed by atoms with Gasteiger partial charge in [0.15, 0.2) is 0 Å². The number of methoxy groups -OCH3 is 1. The standard InChI is InChI=1S/C27H23N3O3/c1-33-17-12-10-16(11-13-17)15-28-26(31)23-14-21-18-6-4-5-9-22(18)29-24(21)25-19-7-2-3-8-20(19)27(32)30(23)25/h2-13,23,25,29H,14-15H2,1H3,(H,28,31)/t23-,25+/m0/s1. The van der Waals surface area contributed by atoms with E-state index in [0.29, 0.717) is 18.5 Å². The molecule has 6 nitrogen and oxygen atoms in total. The highest BCUT2D eigenvalue weighted by Gasteiger charge is 2.48. The van der Waals surface area contributed by atoms with Crippen LogP contribution in [0.3, 0.4) is 0 Å². The van der Waals surface area contributed by atoms with Crippen molar-refractivity contribution < 1.29 is 14.3 Å². The van der Waals surface area contributed by atoms with E-state index in [1.54, 1.807) is 12.0 Å². The van der Waals surface area contributed by atoms with Crippen molar-refractivity contribution in [1.29, 1.82) is 0 Å². The van der Waals surface area contributed by atoms with Crippen molar-refractivity contribution in [2.24, 2.45) is 0 Å². The van der Waals surface area contributed by atoms with Crippen molar-refractivity contribution in [3.63, 3.8) is 0 Å². The van der Waals surface area contributed by atoms with E-state index >= 15 is 0 Å². The number of amides is 2. The molecule has 0 saturated heterocycles. The second-order valence-corrected chi connectivity index (χ2v) is 8.55. The number of ether oxygens (including phenoxy) is 1. The topological polar surface area (TPSA) is 74.4 Å². The average Bonchev–Trinajstić information content (AvgIpc) is 3.38. The summed E-state index contributed by atoms with van der Waals surface area (Å²) in [6, 6.07) is 22.5. The summed E-state index contributed by atoms with van der Waals surface area (Å²) < 4.78 is 5.21. The summed E-state index contributed by atoms with van der Waals surface area (Å²) in [4.78, 5) is 32.2. The fourth-order valence-corrected chi connectivity index (χ4v) is 5.19. The van der Waals surface area contributed by atoms with Crippen LogP contribution in [0.2, 0.25) is 0 Å². The minimum Gasteiger partial charge on any atom is -0.497 e. The smallest absolute Gasteiger partial charge is 0.255 e. The van der Waals surface area contributed by atoms with Crippen LogP contribution in [-0.4, -0.2) is 34.8 Å². The maximum Gasteiger partial charge on any atom is 0.255 e. The molecule has 2 aliphatic rings. The molecule has 2 N–H and O–H groups in total. The number of nitrogens with one attached hydrogen (secondary N) is 2. The first-order valence-electron chi connectivity index (χ1n) is 11.1. The third kappa shape index (κ3) is 3.02. The highest BCUT2D eigenvalue weighted by molar-refractivity contribution is 6.03. The zero-order chi connectivity index (χ0) is 22.5. The maximum atomic E-state index is 13.5. The molecule has 3 heterocycles. The van der Waals surface area contributed by atoms with Crippen LogP contribution >= 0.6 is 0 Å². The van der Waals surface area contributed by atoms with Crippen LogP contribution in [0.1, 0.15) is 38.8 Å². The molecule has 4 aromatic rings. The number of nitrogens with zero attached hydrogens (tertiary/aromatic N) is 1. The van der Waals surface area contributed by atoms with Crippen molar-refractivity contribution >= 4 is 22.7 Å². The van der Waals surface area contributed by atoms with Gasteiger partial charge in [-0.05, 0) is 41.0 Å². The second-order valence-electron chi connectivity index (χ2n) is 8.55. The molecule has 2 atom stereocenters. The number of H-pyrrole nitrogens is 1. The third-order valence-electron chi connectivity index (χ3n) is 6.78. The van der Waals surface area contributed by atoms with Gasteiger partial charge in [-0.2, -0.15) is 0 Å². The van der Waals surface area contributed by atoms with E-state index < -0.39 is 6.04 Å². The van der Waals surface area contributed by atoms with Crippen molar-refractivity contribution in [1.82, 2.24) is 15.2 Å². The molecule has 0 saturated carbocycles. The van der Waals surface area contributed by atoms with Gasteiger partial charge in [-0.15, -0.1) is 0 Å². The van der Waals surface area contributed by atoms with Gasteiger partial charge in [0.1, 0.15) is 11.8 Å². The number of para-hydroxylation sites is 1.